The number of hydrogen-bond donors (Lipinski definition) is 3. The summed E-state index contributed by atoms with van der Waals surface area (Å²) in [7, 11) is 0. The summed E-state index contributed by atoms with van der Waals surface area (Å²) in [6.45, 7) is 3.16. The van der Waals surface area contributed by atoms with Crippen LogP contribution in [-0.4, -0.2) is 59.6 Å². The minimum Gasteiger partial charge on any atom is -0.388 e. The van der Waals surface area contributed by atoms with Crippen molar-refractivity contribution < 1.29 is 24.8 Å². The van der Waals surface area contributed by atoms with Crippen LogP contribution in [0.1, 0.15) is 64.7 Å². The van der Waals surface area contributed by atoms with E-state index in [9.17, 15) is 15.3 Å². The molecule has 0 unspecified atom stereocenters. The third-order valence-corrected chi connectivity index (χ3v) is 4.44. The van der Waals surface area contributed by atoms with Crippen molar-refractivity contribution in [3.8, 4) is 0 Å². The number of allylic oxidation sites excluding steroid dienone is 2. The molecule has 3 N–H and O–H groups in total. The van der Waals surface area contributed by atoms with E-state index < -0.39 is 24.4 Å². The second-order valence-corrected chi connectivity index (χ2v) is 6.67. The van der Waals surface area contributed by atoms with Crippen LogP contribution in [0, 0.1) is 0 Å². The first kappa shape index (κ1) is 21.6. The summed E-state index contributed by atoms with van der Waals surface area (Å²) in [5.74, 6) is 0. The Labute approximate surface area is 146 Å². The van der Waals surface area contributed by atoms with Crippen LogP contribution in [-0.2, 0) is 9.47 Å². The number of ether oxygens (including phenoxy) is 2. The van der Waals surface area contributed by atoms with Gasteiger partial charge in [-0.15, -0.1) is 0 Å². The fraction of sp³-hybridized carbons (Fsp3) is 0.895. The van der Waals surface area contributed by atoms with Gasteiger partial charge in [0.15, 0.2) is 0 Å². The summed E-state index contributed by atoms with van der Waals surface area (Å²) in [5.41, 5.74) is 0. The molecule has 0 aromatic rings. The van der Waals surface area contributed by atoms with E-state index in [0.717, 1.165) is 12.8 Å². The van der Waals surface area contributed by atoms with E-state index in [1.54, 1.807) is 0 Å². The zero-order valence-corrected chi connectivity index (χ0v) is 15.1. The van der Waals surface area contributed by atoms with Gasteiger partial charge in [0.1, 0.15) is 24.4 Å². The Morgan fingerprint density at radius 3 is 2.33 bits per heavy atom. The highest BCUT2D eigenvalue weighted by atomic mass is 16.6. The SMILES string of the molecule is CCCC/C=C/CCCCCCCOC[C@@H]1OC[C@@H](O)[C@H](O)[C@H]1O. The van der Waals surface area contributed by atoms with Gasteiger partial charge in [-0.2, -0.15) is 0 Å². The lowest BCUT2D eigenvalue weighted by Gasteiger charge is -2.35. The summed E-state index contributed by atoms with van der Waals surface area (Å²) < 4.78 is 10.8. The van der Waals surface area contributed by atoms with E-state index in [-0.39, 0.29) is 13.2 Å². The average Bonchev–Trinajstić information content (AvgIpc) is 2.58. The molecule has 0 aromatic heterocycles. The number of aliphatic hydroxyl groups is 3. The minimum atomic E-state index is -1.15. The lowest BCUT2D eigenvalue weighted by atomic mass is 10.0. The van der Waals surface area contributed by atoms with Crippen LogP contribution in [0.15, 0.2) is 12.2 Å². The zero-order valence-electron chi connectivity index (χ0n) is 15.1. The summed E-state index contributed by atoms with van der Waals surface area (Å²) in [6.07, 6.45) is 11.6. The van der Waals surface area contributed by atoms with Crippen molar-refractivity contribution in [1.29, 1.82) is 0 Å². The molecule has 5 nitrogen and oxygen atoms in total. The Morgan fingerprint density at radius 1 is 0.917 bits per heavy atom. The van der Waals surface area contributed by atoms with Crippen molar-refractivity contribution in [2.24, 2.45) is 0 Å². The molecule has 5 heteroatoms. The van der Waals surface area contributed by atoms with Gasteiger partial charge in [-0.3, -0.25) is 0 Å². The lowest BCUT2D eigenvalue weighted by Crippen LogP contribution is -2.54. The molecular formula is C19H36O5. The van der Waals surface area contributed by atoms with Crippen LogP contribution in [0.2, 0.25) is 0 Å². The second kappa shape index (κ2) is 13.8. The molecule has 0 aliphatic carbocycles. The van der Waals surface area contributed by atoms with Gasteiger partial charge < -0.3 is 24.8 Å². The predicted molar refractivity (Wildman–Crippen MR) is 94.9 cm³/mol. The van der Waals surface area contributed by atoms with Gasteiger partial charge in [0.2, 0.25) is 0 Å². The van der Waals surface area contributed by atoms with E-state index in [1.165, 1.54) is 44.9 Å². The molecule has 0 saturated carbocycles. The highest BCUT2D eigenvalue weighted by molar-refractivity contribution is 4.86. The first-order chi connectivity index (χ1) is 11.7. The normalized spacial score (nSPS) is 27.8. The first-order valence-corrected chi connectivity index (χ1v) is 9.55. The van der Waals surface area contributed by atoms with E-state index >= 15 is 0 Å². The minimum absolute atomic E-state index is 0.0408. The van der Waals surface area contributed by atoms with Crippen LogP contribution in [0.4, 0.5) is 0 Å². The largest absolute Gasteiger partial charge is 0.388 e. The molecule has 1 saturated heterocycles. The molecule has 0 amide bonds. The maximum absolute atomic E-state index is 9.78. The number of aliphatic hydroxyl groups excluding tert-OH is 3. The summed E-state index contributed by atoms with van der Waals surface area (Å²) in [5, 5.41) is 28.7. The van der Waals surface area contributed by atoms with Gasteiger partial charge >= 0.3 is 0 Å². The van der Waals surface area contributed by atoms with Crippen LogP contribution >= 0.6 is 0 Å². The maximum Gasteiger partial charge on any atom is 0.111 e. The van der Waals surface area contributed by atoms with Crippen molar-refractivity contribution in [2.45, 2.75) is 89.1 Å². The van der Waals surface area contributed by atoms with E-state index in [2.05, 4.69) is 19.1 Å². The fourth-order valence-electron chi connectivity index (χ4n) is 2.77. The highest BCUT2D eigenvalue weighted by Gasteiger charge is 2.37. The summed E-state index contributed by atoms with van der Waals surface area (Å²) in [6, 6.07) is 0. The molecule has 24 heavy (non-hydrogen) atoms. The van der Waals surface area contributed by atoms with Gasteiger partial charge in [-0.05, 0) is 25.7 Å². The van der Waals surface area contributed by atoms with Gasteiger partial charge in [0.05, 0.1) is 13.2 Å². The van der Waals surface area contributed by atoms with Crippen LogP contribution in [0.25, 0.3) is 0 Å². The third kappa shape index (κ3) is 9.14. The second-order valence-electron chi connectivity index (χ2n) is 6.67. The van der Waals surface area contributed by atoms with Crippen LogP contribution in [0.3, 0.4) is 0 Å². The van der Waals surface area contributed by atoms with Crippen LogP contribution in [0.5, 0.6) is 0 Å². The molecule has 1 rings (SSSR count). The molecule has 1 fully saturated rings. The Bertz CT molecular complexity index is 321. The molecular weight excluding hydrogens is 308 g/mol. The Hall–Kier alpha value is -0.460. The smallest absolute Gasteiger partial charge is 0.111 e. The van der Waals surface area contributed by atoms with E-state index in [0.29, 0.717) is 6.61 Å². The van der Waals surface area contributed by atoms with Gasteiger partial charge in [0, 0.05) is 6.61 Å². The number of hydrogen-bond acceptors (Lipinski definition) is 5. The number of unbranched alkanes of at least 4 members (excludes halogenated alkanes) is 7. The van der Waals surface area contributed by atoms with E-state index in [4.69, 9.17) is 9.47 Å². The maximum atomic E-state index is 9.78. The van der Waals surface area contributed by atoms with Gasteiger partial charge in [-0.25, -0.2) is 0 Å². The highest BCUT2D eigenvalue weighted by Crippen LogP contribution is 2.16. The molecule has 0 radical (unpaired) electrons. The quantitative estimate of drug-likeness (QED) is 0.353. The first-order valence-electron chi connectivity index (χ1n) is 9.55. The topological polar surface area (TPSA) is 79.2 Å². The number of rotatable bonds is 13. The molecule has 142 valence electrons. The predicted octanol–water partition coefficient (Wildman–Crippen LogP) is 2.57. The molecule has 1 heterocycles. The fourth-order valence-corrected chi connectivity index (χ4v) is 2.77. The Kier molecular flexibility index (Phi) is 12.4. The standard InChI is InChI=1S/C19H36O5/c1-2-3-4-5-6-7-8-9-10-11-12-13-23-15-17-19(22)18(21)16(20)14-24-17/h5-6,16-22H,2-4,7-15H2,1H3/b6-5+/t16-,17+,18+,19+/m1/s1. The average molecular weight is 344 g/mol. The third-order valence-electron chi connectivity index (χ3n) is 4.44. The molecule has 0 aromatic carbocycles. The van der Waals surface area contributed by atoms with Crippen molar-refractivity contribution >= 4 is 0 Å². The Morgan fingerprint density at radius 2 is 1.58 bits per heavy atom. The molecule has 0 spiro atoms. The van der Waals surface area contributed by atoms with Crippen LogP contribution < -0.4 is 0 Å². The van der Waals surface area contributed by atoms with Gasteiger partial charge in [-0.1, -0.05) is 51.2 Å². The molecule has 1 aliphatic rings. The lowest BCUT2D eigenvalue weighted by molar-refractivity contribution is -0.199. The summed E-state index contributed by atoms with van der Waals surface area (Å²) in [4.78, 5) is 0. The Balaban J connectivity index is 1.88. The zero-order chi connectivity index (χ0) is 17.6. The summed E-state index contributed by atoms with van der Waals surface area (Å²) >= 11 is 0. The monoisotopic (exact) mass is 344 g/mol. The van der Waals surface area contributed by atoms with Gasteiger partial charge in [0.25, 0.3) is 0 Å². The van der Waals surface area contributed by atoms with Crippen molar-refractivity contribution in [3.63, 3.8) is 0 Å². The van der Waals surface area contributed by atoms with Crippen molar-refractivity contribution in [1.82, 2.24) is 0 Å². The molecule has 1 aliphatic heterocycles. The van der Waals surface area contributed by atoms with E-state index in [1.807, 2.05) is 0 Å². The van der Waals surface area contributed by atoms with Crippen molar-refractivity contribution in [2.75, 3.05) is 19.8 Å². The molecule has 0 bridgehead atoms. The van der Waals surface area contributed by atoms with Crippen molar-refractivity contribution in [3.05, 3.63) is 12.2 Å². The molecule has 4 atom stereocenters.